The Morgan fingerprint density at radius 1 is 0.424 bits per heavy atom. The molecule has 3 spiro atoms. The van der Waals surface area contributed by atoms with Crippen molar-refractivity contribution in [3.05, 3.63) is 162 Å². The van der Waals surface area contributed by atoms with Gasteiger partial charge in [-0.3, -0.25) is 19.2 Å². The van der Waals surface area contributed by atoms with Crippen LogP contribution in [0, 0.1) is 181 Å². The number of hydrogen-bond acceptors (Lipinski definition) is 16. The molecule has 3 heterocycles. The van der Waals surface area contributed by atoms with Crippen molar-refractivity contribution in [2.45, 2.75) is 296 Å². The number of ether oxygens (including phenoxy) is 9. The third-order valence-electron chi connectivity index (χ3n) is 40.1. The van der Waals surface area contributed by atoms with Gasteiger partial charge < -0.3 is 87.8 Å². The minimum atomic E-state index is -1.11. The molecule has 0 aromatic rings. The molecule has 0 aromatic heterocycles. The standard InChI is InChI=1S/C23H31BrO4.C23H32O4.C21H28O3.C21H26O3.C21H26O2.C2H2.C2H.BrH.Mg/c1-14(25)28-16-6-8-21(2)15(12-16)4-5-17-18(21)7-9-22(3)19(17)13-20(24)23(22)26-10-11-27-23;1-15(24)27-17-6-9-21(2)16(14-17)4-5-18-19(21)7-10-22(3)20(18)8-11-23(22)25-12-13-26-23;1-19-8-5-15(22)13-14(19)3-4-16-17(19)6-9-20(2)18(16)7-10-21(20)23-11-12-24-21;1-13(22)24-15-8-10-20(2)14(12-15)4-5-16-17-6-7-19(23)21(17,3)11-9-18(16)20;1-4-21(23)12-9-18-16-6-5-14-13-15(22)7-10-19(14,2)17(16)8-11-20(18,21)3;2*1-2;;/h4,6,8,16-20H,5,7,9-13H2,1-3H3;4,6,9,17-20H,5,7-8,10-14H2,1-3H3;3,5,7-8,10,15-18,22H,4,6,9,11-13H2,1-2H3;4,6-8,10,15-18H,5,9,11-12H2,1-3H3;1,5,7,9-10,12,15-18,22-23H,6,8,11,13H2,2-3H3;1-2H;1H;1H;/q;;;;;;-1;;+2/p-1/t16?,17?,18?,19?,20?,21-,22-;17?,18?,19?,20?,21-,22-;15?,16?,17?,18?,19-,20-;15?,16?,17?,18?,20-,21-;15-,16?,17?,18?,19-,20-,21-;;;;/m00000..../s1. The first kappa shape index (κ1) is 101. The maximum absolute atomic E-state index is 12.3. The van der Waals surface area contributed by atoms with Gasteiger partial charge in [0.1, 0.15) is 23.9 Å². The van der Waals surface area contributed by atoms with E-state index in [2.05, 4.69) is 214 Å². The molecule has 0 aromatic carbocycles. The zero-order chi connectivity index (χ0) is 92.7. The van der Waals surface area contributed by atoms with Crippen molar-refractivity contribution in [1.82, 2.24) is 0 Å². The molecule has 3 N–H and O–H groups in total. The van der Waals surface area contributed by atoms with Crippen molar-refractivity contribution in [3.8, 4) is 31.6 Å². The molecule has 20 unspecified atom stereocenters. The van der Waals surface area contributed by atoms with Gasteiger partial charge in [0.25, 0.3) is 0 Å². The van der Waals surface area contributed by atoms with Crippen LogP contribution in [0.2, 0.25) is 0 Å². The molecule has 10 fully saturated rings. The molecule has 32 atom stereocenters. The number of alkyl halides is 1. The summed E-state index contributed by atoms with van der Waals surface area (Å²) in [6.07, 6.45) is 92.4. The van der Waals surface area contributed by atoms with E-state index in [1.54, 1.807) is 0 Å². The van der Waals surface area contributed by atoms with Crippen LogP contribution in [0.25, 0.3) is 0 Å². The third-order valence-corrected chi connectivity index (χ3v) is 41.0. The molecule has 0 bridgehead atoms. The molecule has 132 heavy (non-hydrogen) atoms. The molecule has 7 saturated carbocycles. The summed E-state index contributed by atoms with van der Waals surface area (Å²) in [7, 11) is 0. The van der Waals surface area contributed by atoms with Crippen LogP contribution in [0.4, 0.5) is 0 Å². The molecule has 0 radical (unpaired) electrons. The fourth-order valence-corrected chi connectivity index (χ4v) is 34.2. The SMILES string of the molecule is C#C.C#C[C@]1(O)C=CC2C3CC=C4C[C@@H](O)C=C[C@]4(C)C3CC[C@@]21C.CC(=O)OC1C=C[C@@]2(C)C(=CCC3C2CC[C@@]2(C)C3CC(Br)C23OCCO3)C1.CC(=O)OC1C=C[C@@]2(C)C(=CCC3C2CC[C@@]2(C)C3CCC23OCCO3)C1.CC(=O)OC1C=C[C@@]2(C)C(=CCC3C2CC[C@]2(C)C(=O)C=CC32)C1.C[C@]12C=CC(O)CC1=CCC1C2CC[C@@]2(C)C1C=CC21OCCO1.[Br-].[C-]#C.[Mg+2]. The van der Waals surface area contributed by atoms with E-state index < -0.39 is 17.2 Å². The molecule has 3 saturated heterocycles. The number of halogens is 2. The first-order valence-corrected chi connectivity index (χ1v) is 50.5. The van der Waals surface area contributed by atoms with Crippen molar-refractivity contribution < 1.29 is 94.1 Å². The second-order valence-electron chi connectivity index (χ2n) is 45.3. The Kier molecular flexibility index (Phi) is 28.7. The monoisotopic (exact) mass is 1940 g/mol. The quantitative estimate of drug-likeness (QED) is 0.0456. The number of carbonyl (C=O) groups excluding carboxylic acids is 4. The number of fused-ring (bicyclic) bond motifs is 28. The van der Waals surface area contributed by atoms with Crippen LogP contribution in [0.3, 0.4) is 0 Å². The topological polar surface area (TPSA) is 212 Å². The van der Waals surface area contributed by atoms with Crippen LogP contribution in [0.5, 0.6) is 0 Å². The number of ketones is 1. The van der Waals surface area contributed by atoms with Crippen molar-refractivity contribution in [2.75, 3.05) is 39.6 Å². The summed E-state index contributed by atoms with van der Waals surface area (Å²) in [5.74, 6) is 9.73. The van der Waals surface area contributed by atoms with Crippen molar-refractivity contribution in [3.63, 3.8) is 0 Å². The molecule has 3 aliphatic heterocycles. The largest absolute Gasteiger partial charge is 2.00 e. The summed E-state index contributed by atoms with van der Waals surface area (Å²) in [6.45, 7) is 32.2. The normalized spacial score (nSPS) is 47.0. The van der Waals surface area contributed by atoms with E-state index in [0.29, 0.717) is 121 Å². The Bertz CT molecular complexity index is 4920. The van der Waals surface area contributed by atoms with E-state index in [-0.39, 0.29) is 153 Å². The summed E-state index contributed by atoms with van der Waals surface area (Å²) in [5.41, 5.74) is 6.33. The number of rotatable bonds is 3. The molecule has 0 amide bonds. The van der Waals surface area contributed by atoms with Gasteiger partial charge in [-0.1, -0.05) is 210 Å². The van der Waals surface area contributed by atoms with Gasteiger partial charge in [-0.25, -0.2) is 0 Å². The van der Waals surface area contributed by atoms with Gasteiger partial charge in [0.05, 0.1) is 56.7 Å². The number of carbonyl (C=O) groups is 4. The van der Waals surface area contributed by atoms with Crippen molar-refractivity contribution in [2.24, 2.45) is 143 Å². The Morgan fingerprint density at radius 2 is 0.773 bits per heavy atom. The predicted molar refractivity (Wildman–Crippen MR) is 511 cm³/mol. The van der Waals surface area contributed by atoms with Crippen molar-refractivity contribution >= 4 is 62.7 Å². The molecular formula is C113H146Br2MgO16. The minimum Gasteiger partial charge on any atom is -1.00 e. The Hall–Kier alpha value is -5.25. The summed E-state index contributed by atoms with van der Waals surface area (Å²) in [4.78, 5) is 46.6. The smallest absolute Gasteiger partial charge is 1.00 e. The van der Waals surface area contributed by atoms with Gasteiger partial charge in [0, 0.05) is 101 Å². The first-order chi connectivity index (χ1) is 61.8. The molecule has 23 aliphatic rings. The van der Waals surface area contributed by atoms with Gasteiger partial charge in [0.15, 0.2) is 23.1 Å². The zero-order valence-corrected chi connectivity index (χ0v) is 85.3. The van der Waals surface area contributed by atoms with Crippen LogP contribution < -0.4 is 17.0 Å². The maximum Gasteiger partial charge on any atom is 2.00 e. The number of terminal acetylenes is 3. The molecular weight excluding hydrogens is 1800 g/mol. The van der Waals surface area contributed by atoms with E-state index in [4.69, 9.17) is 55.5 Å². The summed E-state index contributed by atoms with van der Waals surface area (Å²) >= 11 is 3.95. The van der Waals surface area contributed by atoms with Gasteiger partial charge in [-0.15, -0.1) is 19.3 Å². The van der Waals surface area contributed by atoms with Crippen LogP contribution in [-0.2, 0) is 61.8 Å². The van der Waals surface area contributed by atoms with Gasteiger partial charge in [-0.2, -0.15) is 0 Å². The van der Waals surface area contributed by atoms with E-state index in [1.807, 2.05) is 24.3 Å². The molecule has 19 heteroatoms. The number of hydrogen-bond donors (Lipinski definition) is 3. The van der Waals surface area contributed by atoms with Gasteiger partial charge >= 0.3 is 41.0 Å². The Morgan fingerprint density at radius 3 is 1.22 bits per heavy atom. The van der Waals surface area contributed by atoms with Gasteiger partial charge in [0.2, 0.25) is 0 Å². The van der Waals surface area contributed by atoms with Crippen LogP contribution in [0.1, 0.15) is 238 Å². The Balaban J connectivity index is 0.000000125. The maximum atomic E-state index is 12.3. The Labute approximate surface area is 822 Å². The average molecular weight is 1940 g/mol. The number of esters is 3. The zero-order valence-electron chi connectivity index (χ0n) is 80.7. The molecule has 23 rings (SSSR count). The predicted octanol–water partition coefficient (Wildman–Crippen LogP) is 17.1. The first-order valence-electron chi connectivity index (χ1n) is 49.6. The molecule has 710 valence electrons. The second kappa shape index (κ2) is 37.4. The average Bonchev–Trinajstić information content (AvgIpc) is 1.53. The summed E-state index contributed by atoms with van der Waals surface area (Å²) in [6, 6.07) is 0. The van der Waals surface area contributed by atoms with E-state index in [9.17, 15) is 34.5 Å². The fraction of sp³-hybridized carbons (Fsp3) is 0.681. The third kappa shape index (κ3) is 15.9. The van der Waals surface area contributed by atoms with Crippen molar-refractivity contribution in [1.29, 1.82) is 0 Å². The van der Waals surface area contributed by atoms with E-state index >= 15 is 0 Å². The second-order valence-corrected chi connectivity index (χ2v) is 46.4. The van der Waals surface area contributed by atoms with Crippen LogP contribution in [0.15, 0.2) is 155 Å². The van der Waals surface area contributed by atoms with Crippen LogP contribution in [-0.4, -0.2) is 160 Å². The number of aliphatic hydroxyl groups is 3. The molecule has 16 nitrogen and oxygen atoms in total. The summed E-state index contributed by atoms with van der Waals surface area (Å²) in [5, 5.41) is 30.9. The van der Waals surface area contributed by atoms with Crippen LogP contribution >= 0.6 is 15.9 Å². The van der Waals surface area contributed by atoms with E-state index in [1.165, 1.54) is 80.7 Å². The van der Waals surface area contributed by atoms with E-state index in [0.717, 1.165) is 129 Å². The van der Waals surface area contributed by atoms with Gasteiger partial charge in [-0.05, 0) is 247 Å². The number of allylic oxidation sites excluding steroid dienone is 14. The molecule has 20 aliphatic carbocycles. The fourth-order valence-electron chi connectivity index (χ4n) is 33.0. The number of aliphatic hydroxyl groups excluding tert-OH is 2. The minimum absolute atomic E-state index is 0. The summed E-state index contributed by atoms with van der Waals surface area (Å²) < 4.78 is 53.7.